The molecule has 0 atom stereocenters. The molecule has 2 aromatic rings. The van der Waals surface area contributed by atoms with Crippen molar-refractivity contribution in [3.8, 4) is 0 Å². The number of hydrogen-bond donors (Lipinski definition) is 2. The SMILES string of the molecule is CN1CCN(c2ccc(CNCCc3ccc(N)cc3Cl)cc2)CC1. The summed E-state index contributed by atoms with van der Waals surface area (Å²) in [5.41, 5.74) is 10.2. The fraction of sp³-hybridized carbons (Fsp3) is 0.400. The third-order valence-electron chi connectivity index (χ3n) is 4.78. The van der Waals surface area contributed by atoms with Gasteiger partial charge in [-0.2, -0.15) is 0 Å². The number of nitrogens with one attached hydrogen (secondary N) is 1. The number of piperazine rings is 1. The van der Waals surface area contributed by atoms with Gasteiger partial charge in [-0.1, -0.05) is 29.8 Å². The maximum absolute atomic E-state index is 6.21. The molecule has 4 nitrogen and oxygen atoms in total. The molecule has 2 aromatic carbocycles. The Kier molecular flexibility index (Phi) is 6.19. The van der Waals surface area contributed by atoms with Crippen molar-refractivity contribution in [2.75, 3.05) is 50.4 Å². The number of hydrogen-bond acceptors (Lipinski definition) is 4. The van der Waals surface area contributed by atoms with Crippen LogP contribution in [-0.2, 0) is 13.0 Å². The lowest BCUT2D eigenvalue weighted by molar-refractivity contribution is 0.313. The van der Waals surface area contributed by atoms with E-state index in [1.165, 1.54) is 11.3 Å². The zero-order valence-corrected chi connectivity index (χ0v) is 15.6. The van der Waals surface area contributed by atoms with Gasteiger partial charge in [0.15, 0.2) is 0 Å². The quantitative estimate of drug-likeness (QED) is 0.615. The molecule has 5 heteroatoms. The Morgan fingerprint density at radius 2 is 1.76 bits per heavy atom. The highest BCUT2D eigenvalue weighted by atomic mass is 35.5. The number of nitrogens with two attached hydrogens (primary N) is 1. The van der Waals surface area contributed by atoms with Crippen LogP contribution in [0.5, 0.6) is 0 Å². The zero-order valence-electron chi connectivity index (χ0n) is 14.8. The van der Waals surface area contributed by atoms with Crippen LogP contribution in [0.15, 0.2) is 42.5 Å². The molecular formula is C20H27ClN4. The predicted octanol–water partition coefficient (Wildman–Crippen LogP) is 3.01. The lowest BCUT2D eigenvalue weighted by Gasteiger charge is -2.34. The first-order chi connectivity index (χ1) is 12.1. The Hall–Kier alpha value is -1.75. The van der Waals surface area contributed by atoms with Gasteiger partial charge in [0.25, 0.3) is 0 Å². The summed E-state index contributed by atoms with van der Waals surface area (Å²) in [5, 5.41) is 4.24. The normalized spacial score (nSPS) is 15.5. The van der Waals surface area contributed by atoms with Crippen molar-refractivity contribution in [2.24, 2.45) is 0 Å². The maximum Gasteiger partial charge on any atom is 0.0458 e. The van der Waals surface area contributed by atoms with Crippen LogP contribution in [0.1, 0.15) is 11.1 Å². The fourth-order valence-electron chi connectivity index (χ4n) is 3.11. The van der Waals surface area contributed by atoms with Crippen LogP contribution in [-0.4, -0.2) is 44.7 Å². The van der Waals surface area contributed by atoms with Gasteiger partial charge in [-0.05, 0) is 55.4 Å². The van der Waals surface area contributed by atoms with Crippen molar-refractivity contribution in [1.29, 1.82) is 0 Å². The number of likely N-dealkylation sites (N-methyl/N-ethyl adjacent to an activating group) is 1. The summed E-state index contributed by atoms with van der Waals surface area (Å²) in [6, 6.07) is 14.6. The Morgan fingerprint density at radius 3 is 2.44 bits per heavy atom. The van der Waals surface area contributed by atoms with Gasteiger partial charge >= 0.3 is 0 Å². The molecule has 134 valence electrons. The molecule has 0 radical (unpaired) electrons. The molecule has 3 N–H and O–H groups in total. The molecule has 1 aliphatic rings. The summed E-state index contributed by atoms with van der Waals surface area (Å²) in [6.07, 6.45) is 0.901. The average molecular weight is 359 g/mol. The van der Waals surface area contributed by atoms with Gasteiger partial charge < -0.3 is 20.9 Å². The van der Waals surface area contributed by atoms with Crippen LogP contribution in [0.4, 0.5) is 11.4 Å². The largest absolute Gasteiger partial charge is 0.399 e. The van der Waals surface area contributed by atoms with E-state index < -0.39 is 0 Å². The standard InChI is InChI=1S/C20H27ClN4/c1-24-10-12-25(13-11-24)19-6-2-16(3-7-19)15-23-9-8-17-4-5-18(22)14-20(17)21/h2-7,14,23H,8-13,15,22H2,1H3. The number of nitrogen functional groups attached to an aromatic ring is 1. The Bertz CT molecular complexity index is 679. The van der Waals surface area contributed by atoms with E-state index in [9.17, 15) is 0 Å². The summed E-state index contributed by atoms with van der Waals surface area (Å²) in [7, 11) is 2.18. The van der Waals surface area contributed by atoms with Crippen molar-refractivity contribution in [3.05, 3.63) is 58.6 Å². The minimum absolute atomic E-state index is 0.710. The second kappa shape index (κ2) is 8.56. The third kappa shape index (κ3) is 5.11. The highest BCUT2D eigenvalue weighted by Crippen LogP contribution is 2.19. The van der Waals surface area contributed by atoms with E-state index in [4.69, 9.17) is 17.3 Å². The van der Waals surface area contributed by atoms with E-state index in [1.807, 2.05) is 18.2 Å². The second-order valence-electron chi connectivity index (χ2n) is 6.73. The van der Waals surface area contributed by atoms with Crippen molar-refractivity contribution in [2.45, 2.75) is 13.0 Å². The van der Waals surface area contributed by atoms with Crippen molar-refractivity contribution < 1.29 is 0 Å². The summed E-state index contributed by atoms with van der Waals surface area (Å²) >= 11 is 6.21. The molecule has 1 fully saturated rings. The second-order valence-corrected chi connectivity index (χ2v) is 7.14. The monoisotopic (exact) mass is 358 g/mol. The molecule has 25 heavy (non-hydrogen) atoms. The summed E-state index contributed by atoms with van der Waals surface area (Å²) < 4.78 is 0. The molecule has 0 aromatic heterocycles. The number of rotatable bonds is 6. The number of nitrogens with zero attached hydrogens (tertiary/aromatic N) is 2. The van der Waals surface area contributed by atoms with Gasteiger partial charge in [-0.25, -0.2) is 0 Å². The molecular weight excluding hydrogens is 332 g/mol. The Labute approximate surface area is 155 Å². The number of halogens is 1. The smallest absolute Gasteiger partial charge is 0.0458 e. The van der Waals surface area contributed by atoms with E-state index in [-0.39, 0.29) is 0 Å². The zero-order chi connectivity index (χ0) is 17.6. The van der Waals surface area contributed by atoms with Gasteiger partial charge in [0.1, 0.15) is 0 Å². The minimum Gasteiger partial charge on any atom is -0.399 e. The lowest BCUT2D eigenvalue weighted by atomic mass is 10.1. The molecule has 0 amide bonds. The van der Waals surface area contributed by atoms with E-state index in [1.54, 1.807) is 0 Å². The minimum atomic E-state index is 0.710. The lowest BCUT2D eigenvalue weighted by Crippen LogP contribution is -2.44. The van der Waals surface area contributed by atoms with E-state index in [0.29, 0.717) is 5.69 Å². The van der Waals surface area contributed by atoms with Crippen molar-refractivity contribution in [1.82, 2.24) is 10.2 Å². The molecule has 3 rings (SSSR count). The molecule has 0 aliphatic carbocycles. The molecule has 1 aliphatic heterocycles. The van der Waals surface area contributed by atoms with Crippen LogP contribution in [0.25, 0.3) is 0 Å². The van der Waals surface area contributed by atoms with Crippen LogP contribution >= 0.6 is 11.6 Å². The van der Waals surface area contributed by atoms with Gasteiger partial charge in [0, 0.05) is 49.1 Å². The summed E-state index contributed by atoms with van der Waals surface area (Å²) in [4.78, 5) is 4.84. The van der Waals surface area contributed by atoms with Gasteiger partial charge in [-0.15, -0.1) is 0 Å². The molecule has 1 heterocycles. The van der Waals surface area contributed by atoms with Crippen LogP contribution in [0.2, 0.25) is 5.02 Å². The number of anilines is 2. The molecule has 1 saturated heterocycles. The molecule has 0 unspecified atom stereocenters. The Morgan fingerprint density at radius 1 is 1.04 bits per heavy atom. The third-order valence-corrected chi connectivity index (χ3v) is 5.13. The fourth-order valence-corrected chi connectivity index (χ4v) is 3.39. The van der Waals surface area contributed by atoms with Gasteiger partial charge in [0.2, 0.25) is 0 Å². The first-order valence-corrected chi connectivity index (χ1v) is 9.26. The first kappa shape index (κ1) is 18.1. The summed E-state index contributed by atoms with van der Waals surface area (Å²) in [5.74, 6) is 0. The maximum atomic E-state index is 6.21. The van der Waals surface area contributed by atoms with E-state index in [2.05, 4.69) is 46.4 Å². The van der Waals surface area contributed by atoms with E-state index in [0.717, 1.165) is 56.3 Å². The van der Waals surface area contributed by atoms with Crippen LogP contribution < -0.4 is 16.0 Å². The van der Waals surface area contributed by atoms with E-state index >= 15 is 0 Å². The van der Waals surface area contributed by atoms with Gasteiger partial charge in [-0.3, -0.25) is 0 Å². The van der Waals surface area contributed by atoms with Crippen LogP contribution in [0.3, 0.4) is 0 Å². The average Bonchev–Trinajstić information content (AvgIpc) is 2.61. The first-order valence-electron chi connectivity index (χ1n) is 8.89. The number of benzene rings is 2. The predicted molar refractivity (Wildman–Crippen MR) is 107 cm³/mol. The highest BCUT2D eigenvalue weighted by Gasteiger charge is 2.13. The summed E-state index contributed by atoms with van der Waals surface area (Å²) in [6.45, 7) is 6.25. The van der Waals surface area contributed by atoms with Crippen LogP contribution in [0, 0.1) is 0 Å². The Balaban J connectivity index is 1.44. The molecule has 0 spiro atoms. The molecule has 0 bridgehead atoms. The van der Waals surface area contributed by atoms with Crippen molar-refractivity contribution >= 4 is 23.0 Å². The van der Waals surface area contributed by atoms with Gasteiger partial charge in [0.05, 0.1) is 0 Å². The highest BCUT2D eigenvalue weighted by molar-refractivity contribution is 6.31. The molecule has 0 saturated carbocycles. The topological polar surface area (TPSA) is 44.5 Å². The van der Waals surface area contributed by atoms with Crippen molar-refractivity contribution in [3.63, 3.8) is 0 Å².